The van der Waals surface area contributed by atoms with Crippen molar-refractivity contribution >= 4 is 17.7 Å². The van der Waals surface area contributed by atoms with Crippen LogP contribution in [0.25, 0.3) is 0 Å². The summed E-state index contributed by atoms with van der Waals surface area (Å²) >= 11 is 1.97. The van der Waals surface area contributed by atoms with Gasteiger partial charge in [0.1, 0.15) is 0 Å². The number of carbonyl (C=O) groups excluding carboxylic acids is 1. The Labute approximate surface area is 138 Å². The van der Waals surface area contributed by atoms with Gasteiger partial charge in [-0.1, -0.05) is 32.9 Å². The maximum atomic E-state index is 12.9. The molecule has 0 saturated carbocycles. The zero-order valence-electron chi connectivity index (χ0n) is 14.1. The lowest BCUT2D eigenvalue weighted by molar-refractivity contribution is 0.0601. The molecule has 0 aliphatic carbocycles. The van der Waals surface area contributed by atoms with Crippen molar-refractivity contribution in [3.8, 4) is 0 Å². The normalized spacial score (nSPS) is 28.0. The summed E-state index contributed by atoms with van der Waals surface area (Å²) in [5, 5.41) is 0.741. The highest BCUT2D eigenvalue weighted by Gasteiger charge is 2.43. The van der Waals surface area contributed by atoms with Crippen LogP contribution in [0, 0.1) is 0 Å². The number of nitrogens with zero attached hydrogens (tertiary/aromatic N) is 1. The molecule has 2 unspecified atom stereocenters. The van der Waals surface area contributed by atoms with E-state index < -0.39 is 0 Å². The molecule has 120 valence electrons. The molecule has 2 heterocycles. The number of fused-ring (bicyclic) bond motifs is 2. The minimum atomic E-state index is 0.136. The van der Waals surface area contributed by atoms with E-state index in [4.69, 9.17) is 0 Å². The van der Waals surface area contributed by atoms with Crippen molar-refractivity contribution < 1.29 is 4.79 Å². The van der Waals surface area contributed by atoms with Crippen LogP contribution in [-0.2, 0) is 5.41 Å². The second kappa shape index (κ2) is 5.92. The van der Waals surface area contributed by atoms with Crippen LogP contribution in [0.2, 0.25) is 0 Å². The Morgan fingerprint density at radius 3 is 2.09 bits per heavy atom. The van der Waals surface area contributed by atoms with E-state index in [1.165, 1.54) is 31.2 Å². The maximum absolute atomic E-state index is 12.9. The van der Waals surface area contributed by atoms with Gasteiger partial charge in [-0.2, -0.15) is 11.8 Å². The number of amides is 1. The molecule has 0 radical (unpaired) electrons. The van der Waals surface area contributed by atoms with Gasteiger partial charge < -0.3 is 4.90 Å². The number of carbonyl (C=O) groups is 1. The number of benzene rings is 1. The highest BCUT2D eigenvalue weighted by Crippen LogP contribution is 2.40. The minimum Gasteiger partial charge on any atom is -0.333 e. The summed E-state index contributed by atoms with van der Waals surface area (Å²) in [6, 6.07) is 9.19. The first-order valence-corrected chi connectivity index (χ1v) is 9.65. The average molecular weight is 317 g/mol. The topological polar surface area (TPSA) is 20.3 Å². The smallest absolute Gasteiger partial charge is 0.254 e. The van der Waals surface area contributed by atoms with Gasteiger partial charge in [0.05, 0.1) is 0 Å². The van der Waals surface area contributed by atoms with E-state index in [-0.39, 0.29) is 11.3 Å². The molecule has 1 aromatic carbocycles. The predicted molar refractivity (Wildman–Crippen MR) is 94.7 cm³/mol. The molecule has 0 aromatic heterocycles. The van der Waals surface area contributed by atoms with Gasteiger partial charge in [-0.05, 0) is 55.1 Å². The predicted octanol–water partition coefficient (Wildman–Crippen LogP) is 4.48. The zero-order valence-corrected chi connectivity index (χ0v) is 15.0. The van der Waals surface area contributed by atoms with Gasteiger partial charge in [-0.3, -0.25) is 4.79 Å². The Balaban J connectivity index is 1.77. The van der Waals surface area contributed by atoms with Crippen LogP contribution in [0.3, 0.4) is 0 Å². The summed E-state index contributed by atoms with van der Waals surface area (Å²) in [6.07, 6.45) is 6.92. The molecule has 2 fully saturated rings. The molecule has 3 rings (SSSR count). The molecule has 2 nitrogen and oxygen atoms in total. The van der Waals surface area contributed by atoms with Crippen molar-refractivity contribution in [1.29, 1.82) is 0 Å². The molecule has 0 spiro atoms. The second-order valence-electron chi connectivity index (χ2n) is 7.75. The fraction of sp³-hybridized carbons (Fsp3) is 0.632. The Morgan fingerprint density at radius 1 is 1.09 bits per heavy atom. The summed E-state index contributed by atoms with van der Waals surface area (Å²) in [4.78, 5) is 15.1. The number of thioether (sulfide) groups is 1. The third kappa shape index (κ3) is 2.92. The highest BCUT2D eigenvalue weighted by atomic mass is 32.2. The minimum absolute atomic E-state index is 0.136. The van der Waals surface area contributed by atoms with Crippen LogP contribution < -0.4 is 0 Å². The second-order valence-corrected chi connectivity index (χ2v) is 8.89. The molecule has 1 aromatic rings. The van der Waals surface area contributed by atoms with Gasteiger partial charge in [-0.15, -0.1) is 0 Å². The zero-order chi connectivity index (χ0) is 15.9. The van der Waals surface area contributed by atoms with Crippen molar-refractivity contribution in [2.45, 2.75) is 69.2 Å². The van der Waals surface area contributed by atoms with Crippen molar-refractivity contribution in [3.05, 3.63) is 35.4 Å². The lowest BCUT2D eigenvalue weighted by Gasteiger charge is -2.38. The van der Waals surface area contributed by atoms with E-state index in [2.05, 4.69) is 44.1 Å². The lowest BCUT2D eigenvalue weighted by atomic mass is 9.86. The highest BCUT2D eigenvalue weighted by molar-refractivity contribution is 7.99. The summed E-state index contributed by atoms with van der Waals surface area (Å²) in [5.41, 5.74) is 2.28. The average Bonchev–Trinajstić information content (AvgIpc) is 2.75. The Hall–Kier alpha value is -0.960. The van der Waals surface area contributed by atoms with E-state index in [9.17, 15) is 4.79 Å². The number of hydrogen-bond acceptors (Lipinski definition) is 2. The molecular formula is C19H27NOS. The fourth-order valence-electron chi connectivity index (χ4n) is 3.91. The van der Waals surface area contributed by atoms with Crippen LogP contribution in [0.1, 0.15) is 62.4 Å². The van der Waals surface area contributed by atoms with Gasteiger partial charge in [0.2, 0.25) is 0 Å². The molecule has 2 atom stereocenters. The van der Waals surface area contributed by atoms with Crippen LogP contribution in [0.15, 0.2) is 24.3 Å². The monoisotopic (exact) mass is 317 g/mol. The quantitative estimate of drug-likeness (QED) is 0.801. The van der Waals surface area contributed by atoms with Gasteiger partial charge in [0, 0.05) is 22.9 Å². The number of piperidine rings is 1. The van der Waals surface area contributed by atoms with Crippen molar-refractivity contribution in [3.63, 3.8) is 0 Å². The number of hydrogen-bond donors (Lipinski definition) is 0. The van der Waals surface area contributed by atoms with Gasteiger partial charge in [-0.25, -0.2) is 0 Å². The van der Waals surface area contributed by atoms with Crippen LogP contribution >= 0.6 is 11.8 Å². The first-order valence-electron chi connectivity index (χ1n) is 8.36. The maximum Gasteiger partial charge on any atom is 0.254 e. The standard InChI is InChI=1S/C19H27NOS/c1-19(2,3)14-7-5-13(6-8-14)18(21)20-15-9-10-16(20)12-17(11-15)22-4/h5-8,15-17H,9-12H2,1-4H3. The van der Waals surface area contributed by atoms with E-state index in [1.54, 1.807) is 0 Å². The summed E-state index contributed by atoms with van der Waals surface area (Å²) in [6.45, 7) is 6.62. The van der Waals surface area contributed by atoms with Gasteiger partial charge >= 0.3 is 0 Å². The van der Waals surface area contributed by atoms with E-state index in [1.807, 2.05) is 23.9 Å². The van der Waals surface area contributed by atoms with E-state index in [0.29, 0.717) is 12.1 Å². The summed E-state index contributed by atoms with van der Waals surface area (Å²) in [7, 11) is 0. The Kier molecular flexibility index (Phi) is 4.28. The van der Waals surface area contributed by atoms with Gasteiger partial charge in [0.25, 0.3) is 5.91 Å². The van der Waals surface area contributed by atoms with Gasteiger partial charge in [0.15, 0.2) is 0 Å². The summed E-state index contributed by atoms with van der Waals surface area (Å²) < 4.78 is 0. The summed E-state index contributed by atoms with van der Waals surface area (Å²) in [5.74, 6) is 0.243. The third-order valence-corrected chi connectivity index (χ3v) is 6.31. The first kappa shape index (κ1) is 15.9. The molecule has 2 aliphatic rings. The molecule has 2 aliphatic heterocycles. The first-order chi connectivity index (χ1) is 10.4. The SMILES string of the molecule is CSC1CC2CCC(C1)N2C(=O)c1ccc(C(C)(C)C)cc1. The molecule has 22 heavy (non-hydrogen) atoms. The molecule has 2 bridgehead atoms. The number of rotatable bonds is 2. The lowest BCUT2D eigenvalue weighted by Crippen LogP contribution is -2.47. The molecule has 0 N–H and O–H groups in total. The van der Waals surface area contributed by atoms with Crippen LogP contribution in [0.5, 0.6) is 0 Å². The Bertz CT molecular complexity index is 532. The molecular weight excluding hydrogens is 290 g/mol. The third-order valence-electron chi connectivity index (χ3n) is 5.26. The van der Waals surface area contributed by atoms with E-state index in [0.717, 1.165) is 10.8 Å². The molecule has 2 saturated heterocycles. The van der Waals surface area contributed by atoms with Crippen molar-refractivity contribution in [2.75, 3.05) is 6.26 Å². The van der Waals surface area contributed by atoms with E-state index >= 15 is 0 Å². The molecule has 1 amide bonds. The van der Waals surface area contributed by atoms with Crippen LogP contribution in [0.4, 0.5) is 0 Å². The van der Waals surface area contributed by atoms with Crippen LogP contribution in [-0.4, -0.2) is 34.4 Å². The molecule has 3 heteroatoms. The largest absolute Gasteiger partial charge is 0.333 e. The van der Waals surface area contributed by atoms with Crippen molar-refractivity contribution in [1.82, 2.24) is 4.90 Å². The Morgan fingerprint density at radius 2 is 1.64 bits per heavy atom. The van der Waals surface area contributed by atoms with Crippen molar-refractivity contribution in [2.24, 2.45) is 0 Å². The fourth-order valence-corrected chi connectivity index (χ4v) is 4.74.